The van der Waals surface area contributed by atoms with Gasteiger partial charge in [-0.15, -0.1) is 0 Å². The molecule has 4 rings (SSSR count). The van der Waals surface area contributed by atoms with Gasteiger partial charge in [-0.3, -0.25) is 9.88 Å². The molecule has 0 spiro atoms. The lowest BCUT2D eigenvalue weighted by Crippen LogP contribution is -2.36. The highest BCUT2D eigenvalue weighted by atomic mass is 19.4. The number of aliphatic carboxylic acids is 1. The molecular weight excluding hydrogens is 417 g/mol. The zero-order valence-corrected chi connectivity index (χ0v) is 17.4. The highest BCUT2D eigenvalue weighted by Crippen LogP contribution is 2.42. The summed E-state index contributed by atoms with van der Waals surface area (Å²) in [4.78, 5) is 15.9. The van der Waals surface area contributed by atoms with E-state index in [1.807, 2.05) is 12.3 Å². The van der Waals surface area contributed by atoms with Crippen LogP contribution in [0, 0.1) is 17.3 Å². The van der Waals surface area contributed by atoms with E-state index in [9.17, 15) is 13.2 Å². The zero-order valence-electron chi connectivity index (χ0n) is 17.4. The summed E-state index contributed by atoms with van der Waals surface area (Å²) in [5.74, 6) is -1.50. The maximum absolute atomic E-state index is 10.6. The molecule has 31 heavy (non-hydrogen) atoms. The predicted molar refractivity (Wildman–Crippen MR) is 104 cm³/mol. The summed E-state index contributed by atoms with van der Waals surface area (Å²) in [6.45, 7) is 8.28. The molecule has 1 aromatic rings. The predicted octanol–water partition coefficient (Wildman–Crippen LogP) is 2.61. The molecule has 1 N–H and O–H groups in total. The van der Waals surface area contributed by atoms with Crippen LogP contribution in [0.2, 0.25) is 0 Å². The van der Waals surface area contributed by atoms with Crippen LogP contribution in [0.1, 0.15) is 18.5 Å². The Bertz CT molecular complexity index is 700. The van der Waals surface area contributed by atoms with Crippen LogP contribution in [0.25, 0.3) is 0 Å². The van der Waals surface area contributed by atoms with E-state index < -0.39 is 12.1 Å². The lowest BCUT2D eigenvalue weighted by atomic mass is 9.82. The van der Waals surface area contributed by atoms with Crippen LogP contribution in [0.4, 0.5) is 13.2 Å². The van der Waals surface area contributed by atoms with Gasteiger partial charge in [-0.05, 0) is 30.9 Å². The minimum absolute atomic E-state index is 0.181. The molecule has 0 amide bonds. The fourth-order valence-corrected chi connectivity index (χ4v) is 4.33. The number of hydrogen-bond donors (Lipinski definition) is 1. The van der Waals surface area contributed by atoms with E-state index in [1.165, 1.54) is 0 Å². The van der Waals surface area contributed by atoms with E-state index in [0.29, 0.717) is 11.8 Å². The number of carbonyl (C=O) groups is 1. The Balaban J connectivity index is 0.000000339. The first-order valence-electron chi connectivity index (χ1n) is 10.4. The summed E-state index contributed by atoms with van der Waals surface area (Å²) >= 11 is 0. The summed E-state index contributed by atoms with van der Waals surface area (Å²) in [6, 6.07) is 6.15. The highest BCUT2D eigenvalue weighted by Gasteiger charge is 2.50. The van der Waals surface area contributed by atoms with Gasteiger partial charge in [0.25, 0.3) is 0 Å². The molecule has 7 nitrogen and oxygen atoms in total. The largest absolute Gasteiger partial charge is 0.490 e. The highest BCUT2D eigenvalue weighted by molar-refractivity contribution is 5.73. The minimum atomic E-state index is -5.08. The van der Waals surface area contributed by atoms with Gasteiger partial charge in [0, 0.05) is 57.0 Å². The SMILES string of the molecule is O=C(O)C(F)(F)F.c1ccc(CN2C[C@@H]3COC[C@]3(COCC3CCOCC3)C2)nc1. The fourth-order valence-electron chi connectivity index (χ4n) is 4.33. The van der Waals surface area contributed by atoms with Crippen LogP contribution in [0.3, 0.4) is 0 Å². The van der Waals surface area contributed by atoms with Gasteiger partial charge < -0.3 is 19.3 Å². The molecular formula is C21H29F3N2O5. The number of pyridine rings is 1. The molecule has 0 aliphatic carbocycles. The van der Waals surface area contributed by atoms with Gasteiger partial charge in [-0.1, -0.05) is 6.07 Å². The van der Waals surface area contributed by atoms with Crippen LogP contribution < -0.4 is 0 Å². The van der Waals surface area contributed by atoms with E-state index in [2.05, 4.69) is 22.0 Å². The van der Waals surface area contributed by atoms with Crippen LogP contribution in [-0.4, -0.2) is 79.9 Å². The first-order chi connectivity index (χ1) is 14.8. The molecule has 0 bridgehead atoms. The molecule has 0 aromatic carbocycles. The number of carboxylic acid groups (broad SMARTS) is 1. The van der Waals surface area contributed by atoms with Gasteiger partial charge in [0.05, 0.1) is 25.5 Å². The van der Waals surface area contributed by atoms with Gasteiger partial charge in [-0.25, -0.2) is 4.79 Å². The van der Waals surface area contributed by atoms with Crippen molar-refractivity contribution in [1.82, 2.24) is 9.88 Å². The molecule has 0 radical (unpaired) electrons. The number of hydrogen-bond acceptors (Lipinski definition) is 6. The van der Waals surface area contributed by atoms with Crippen molar-refractivity contribution in [2.75, 3.05) is 52.7 Å². The van der Waals surface area contributed by atoms with Crippen LogP contribution in [0.15, 0.2) is 24.4 Å². The molecule has 0 saturated carbocycles. The number of carboxylic acids is 1. The van der Waals surface area contributed by atoms with Crippen molar-refractivity contribution < 1.29 is 37.3 Å². The van der Waals surface area contributed by atoms with E-state index in [0.717, 1.165) is 77.8 Å². The Morgan fingerprint density at radius 2 is 2.03 bits per heavy atom. The molecule has 1 aromatic heterocycles. The van der Waals surface area contributed by atoms with Crippen molar-refractivity contribution >= 4 is 5.97 Å². The Hall–Kier alpha value is -1.75. The number of alkyl halides is 3. The smallest absolute Gasteiger partial charge is 0.475 e. The Kier molecular flexibility index (Phi) is 8.26. The third-order valence-corrected chi connectivity index (χ3v) is 6.03. The molecule has 4 heterocycles. The Morgan fingerprint density at radius 3 is 2.68 bits per heavy atom. The van der Waals surface area contributed by atoms with Crippen molar-refractivity contribution in [2.45, 2.75) is 25.6 Å². The maximum atomic E-state index is 10.6. The number of halogens is 3. The van der Waals surface area contributed by atoms with Crippen LogP contribution in [0.5, 0.6) is 0 Å². The lowest BCUT2D eigenvalue weighted by Gasteiger charge is -2.29. The zero-order chi connectivity index (χ0) is 22.3. The van der Waals surface area contributed by atoms with E-state index >= 15 is 0 Å². The number of fused-ring (bicyclic) bond motifs is 1. The molecule has 3 aliphatic heterocycles. The third-order valence-electron chi connectivity index (χ3n) is 6.03. The number of ether oxygens (including phenoxy) is 3. The summed E-state index contributed by atoms with van der Waals surface area (Å²) in [5, 5.41) is 7.12. The van der Waals surface area contributed by atoms with Crippen molar-refractivity contribution in [2.24, 2.45) is 17.3 Å². The molecule has 10 heteroatoms. The number of aromatic nitrogens is 1. The maximum Gasteiger partial charge on any atom is 0.490 e. The second kappa shape index (κ2) is 10.7. The summed E-state index contributed by atoms with van der Waals surface area (Å²) in [7, 11) is 0. The third kappa shape index (κ3) is 6.86. The molecule has 2 atom stereocenters. The topological polar surface area (TPSA) is 81.1 Å². The Morgan fingerprint density at radius 1 is 1.29 bits per heavy atom. The van der Waals surface area contributed by atoms with E-state index in [4.69, 9.17) is 24.1 Å². The van der Waals surface area contributed by atoms with Crippen molar-refractivity contribution in [3.05, 3.63) is 30.1 Å². The first kappa shape index (κ1) is 23.9. The van der Waals surface area contributed by atoms with Gasteiger partial charge >= 0.3 is 12.1 Å². The first-order valence-corrected chi connectivity index (χ1v) is 10.4. The average molecular weight is 446 g/mol. The average Bonchev–Trinajstić information content (AvgIpc) is 3.26. The van der Waals surface area contributed by atoms with Gasteiger partial charge in [0.15, 0.2) is 0 Å². The van der Waals surface area contributed by atoms with Crippen molar-refractivity contribution in [3.63, 3.8) is 0 Å². The molecule has 174 valence electrons. The normalized spacial score (nSPS) is 26.9. The summed E-state index contributed by atoms with van der Waals surface area (Å²) in [6.07, 6.45) is -0.931. The minimum Gasteiger partial charge on any atom is -0.475 e. The standard InChI is InChI=1S/C19H28N2O3.C2HF3O2/c1-2-6-20-18(3-1)10-21-9-17-12-24-15-19(17,13-21)14-23-11-16-4-7-22-8-5-16;3-2(4,5)1(6)7/h1-3,6,16-17H,4-5,7-15H2;(H,6,7)/t17-,19-;/m1./s1. The number of likely N-dealkylation sites (tertiary alicyclic amines) is 1. The van der Waals surface area contributed by atoms with Crippen LogP contribution >= 0.6 is 0 Å². The second-order valence-corrected chi connectivity index (χ2v) is 8.44. The molecule has 3 aliphatic rings. The monoisotopic (exact) mass is 446 g/mol. The Labute approximate surface area is 179 Å². The quantitative estimate of drug-likeness (QED) is 0.720. The van der Waals surface area contributed by atoms with E-state index in [1.54, 1.807) is 0 Å². The summed E-state index contributed by atoms with van der Waals surface area (Å²) in [5.41, 5.74) is 1.33. The van der Waals surface area contributed by atoms with Crippen LogP contribution in [-0.2, 0) is 25.5 Å². The molecule has 3 fully saturated rings. The number of rotatable bonds is 6. The van der Waals surface area contributed by atoms with Gasteiger partial charge in [0.2, 0.25) is 0 Å². The second-order valence-electron chi connectivity index (χ2n) is 8.44. The van der Waals surface area contributed by atoms with Crippen molar-refractivity contribution in [1.29, 1.82) is 0 Å². The van der Waals surface area contributed by atoms with E-state index in [-0.39, 0.29) is 5.41 Å². The molecule has 3 saturated heterocycles. The summed E-state index contributed by atoms with van der Waals surface area (Å²) < 4.78 is 49.2. The van der Waals surface area contributed by atoms with Crippen molar-refractivity contribution in [3.8, 4) is 0 Å². The fraction of sp³-hybridized carbons (Fsp3) is 0.714. The number of nitrogens with zero attached hydrogens (tertiary/aromatic N) is 2. The van der Waals surface area contributed by atoms with Gasteiger partial charge in [0.1, 0.15) is 0 Å². The molecule has 0 unspecified atom stereocenters. The lowest BCUT2D eigenvalue weighted by molar-refractivity contribution is -0.192. The van der Waals surface area contributed by atoms with Gasteiger partial charge in [-0.2, -0.15) is 13.2 Å².